The Kier molecular flexibility index (Phi) is 5.57. The van der Waals surface area contributed by atoms with Crippen LogP contribution < -0.4 is 10.1 Å². The summed E-state index contributed by atoms with van der Waals surface area (Å²) in [6, 6.07) is 11.8. The average Bonchev–Trinajstić information content (AvgIpc) is 2.48. The number of rotatable bonds is 5. The standard InChI is InChI=1S/C16H13BrClNO3/c1-10(16(21)19-14-4-2-3-13(18)8-14)22-15-6-5-12(17)7-11(15)9-20/h2-10H,1H3,(H,19,21)/t10-/m0/s1. The Morgan fingerprint density at radius 3 is 2.77 bits per heavy atom. The summed E-state index contributed by atoms with van der Waals surface area (Å²) >= 11 is 9.14. The number of hydrogen-bond acceptors (Lipinski definition) is 3. The van der Waals surface area contributed by atoms with Gasteiger partial charge >= 0.3 is 0 Å². The molecular weight excluding hydrogens is 370 g/mol. The number of carbonyl (C=O) groups is 2. The number of amides is 1. The van der Waals surface area contributed by atoms with E-state index in [1.54, 1.807) is 49.4 Å². The number of nitrogens with one attached hydrogen (secondary N) is 1. The van der Waals surface area contributed by atoms with Crippen LogP contribution in [-0.2, 0) is 4.79 Å². The van der Waals surface area contributed by atoms with Crippen molar-refractivity contribution >= 4 is 45.4 Å². The quantitative estimate of drug-likeness (QED) is 0.784. The topological polar surface area (TPSA) is 55.4 Å². The van der Waals surface area contributed by atoms with Gasteiger partial charge in [0.25, 0.3) is 5.91 Å². The van der Waals surface area contributed by atoms with E-state index in [-0.39, 0.29) is 5.91 Å². The lowest BCUT2D eigenvalue weighted by Gasteiger charge is -2.16. The smallest absolute Gasteiger partial charge is 0.265 e. The minimum atomic E-state index is -0.765. The van der Waals surface area contributed by atoms with Crippen molar-refractivity contribution in [1.29, 1.82) is 0 Å². The third-order valence-electron chi connectivity index (χ3n) is 2.86. The molecule has 1 atom stereocenters. The lowest BCUT2D eigenvalue weighted by molar-refractivity contribution is -0.122. The van der Waals surface area contributed by atoms with Crippen molar-refractivity contribution in [3.63, 3.8) is 0 Å². The van der Waals surface area contributed by atoms with Gasteiger partial charge in [-0.15, -0.1) is 0 Å². The Hall–Kier alpha value is -1.85. The second-order valence-corrected chi connectivity index (χ2v) is 5.91. The van der Waals surface area contributed by atoms with Gasteiger partial charge in [0, 0.05) is 15.2 Å². The van der Waals surface area contributed by atoms with Crippen LogP contribution >= 0.6 is 27.5 Å². The van der Waals surface area contributed by atoms with Crippen LogP contribution in [0.4, 0.5) is 5.69 Å². The summed E-state index contributed by atoms with van der Waals surface area (Å²) in [5.74, 6) is 0.0222. The maximum Gasteiger partial charge on any atom is 0.265 e. The minimum absolute atomic E-state index is 0.331. The van der Waals surface area contributed by atoms with E-state index in [4.69, 9.17) is 16.3 Å². The predicted molar refractivity (Wildman–Crippen MR) is 89.7 cm³/mol. The molecule has 2 aromatic rings. The van der Waals surface area contributed by atoms with Gasteiger partial charge in [-0.25, -0.2) is 0 Å². The third-order valence-corrected chi connectivity index (χ3v) is 3.59. The van der Waals surface area contributed by atoms with Crippen LogP contribution in [0.2, 0.25) is 5.02 Å². The largest absolute Gasteiger partial charge is 0.480 e. The Balaban J connectivity index is 2.07. The molecule has 114 valence electrons. The molecule has 1 amide bonds. The Morgan fingerprint density at radius 2 is 2.09 bits per heavy atom. The van der Waals surface area contributed by atoms with Crippen LogP contribution in [0.15, 0.2) is 46.9 Å². The van der Waals surface area contributed by atoms with Gasteiger partial charge in [-0.05, 0) is 43.3 Å². The highest BCUT2D eigenvalue weighted by atomic mass is 79.9. The van der Waals surface area contributed by atoms with Crippen molar-refractivity contribution < 1.29 is 14.3 Å². The van der Waals surface area contributed by atoms with E-state index in [0.29, 0.717) is 28.3 Å². The molecule has 0 aliphatic heterocycles. The maximum absolute atomic E-state index is 12.1. The molecule has 2 aromatic carbocycles. The third kappa shape index (κ3) is 4.32. The van der Waals surface area contributed by atoms with E-state index in [1.165, 1.54) is 0 Å². The first-order valence-corrected chi connectivity index (χ1v) is 7.64. The van der Waals surface area contributed by atoms with Crippen molar-refractivity contribution in [2.75, 3.05) is 5.32 Å². The molecule has 0 aromatic heterocycles. The summed E-state index contributed by atoms with van der Waals surface area (Å²) in [6.45, 7) is 1.61. The molecule has 0 heterocycles. The zero-order valence-electron chi connectivity index (χ0n) is 11.7. The summed E-state index contributed by atoms with van der Waals surface area (Å²) < 4.78 is 6.32. The number of benzene rings is 2. The fraction of sp³-hybridized carbons (Fsp3) is 0.125. The number of hydrogen-bond donors (Lipinski definition) is 1. The molecule has 2 rings (SSSR count). The summed E-state index contributed by atoms with van der Waals surface area (Å²) in [5.41, 5.74) is 0.955. The predicted octanol–water partition coefficient (Wildman–Crippen LogP) is 4.32. The van der Waals surface area contributed by atoms with Gasteiger partial charge in [0.2, 0.25) is 0 Å². The first kappa shape index (κ1) is 16.5. The van der Waals surface area contributed by atoms with Gasteiger partial charge in [-0.3, -0.25) is 9.59 Å². The van der Waals surface area contributed by atoms with Crippen molar-refractivity contribution in [3.8, 4) is 5.75 Å². The number of ether oxygens (including phenoxy) is 1. The van der Waals surface area contributed by atoms with E-state index < -0.39 is 6.10 Å². The van der Waals surface area contributed by atoms with Gasteiger partial charge in [-0.2, -0.15) is 0 Å². The number of carbonyl (C=O) groups excluding carboxylic acids is 2. The van der Waals surface area contributed by atoms with Crippen LogP contribution in [0.25, 0.3) is 0 Å². The molecule has 4 nitrogen and oxygen atoms in total. The van der Waals surface area contributed by atoms with Gasteiger partial charge < -0.3 is 10.1 Å². The summed E-state index contributed by atoms with van der Waals surface area (Å²) in [7, 11) is 0. The Bertz CT molecular complexity index is 706. The van der Waals surface area contributed by atoms with Crippen LogP contribution in [0, 0.1) is 0 Å². The van der Waals surface area contributed by atoms with Crippen LogP contribution in [0.1, 0.15) is 17.3 Å². The molecule has 22 heavy (non-hydrogen) atoms. The average molecular weight is 383 g/mol. The summed E-state index contributed by atoms with van der Waals surface area (Å²) in [6.07, 6.45) is -0.0827. The summed E-state index contributed by atoms with van der Waals surface area (Å²) in [4.78, 5) is 23.2. The number of anilines is 1. The SMILES string of the molecule is C[C@H](Oc1ccc(Br)cc1C=O)C(=O)Nc1cccc(Cl)c1. The van der Waals surface area contributed by atoms with Gasteiger partial charge in [-0.1, -0.05) is 33.6 Å². The van der Waals surface area contributed by atoms with Crippen molar-refractivity contribution in [2.45, 2.75) is 13.0 Å². The molecule has 0 aliphatic rings. The van der Waals surface area contributed by atoms with Crippen molar-refractivity contribution in [1.82, 2.24) is 0 Å². The molecule has 0 unspecified atom stereocenters. The number of halogens is 2. The molecule has 0 fully saturated rings. The normalized spacial score (nSPS) is 11.6. The second kappa shape index (κ2) is 7.42. The Labute approximate surface area is 141 Å². The Morgan fingerprint density at radius 1 is 1.32 bits per heavy atom. The van der Waals surface area contributed by atoms with E-state index in [9.17, 15) is 9.59 Å². The molecule has 6 heteroatoms. The lowest BCUT2D eigenvalue weighted by atomic mass is 10.2. The monoisotopic (exact) mass is 381 g/mol. The molecule has 0 aliphatic carbocycles. The lowest BCUT2D eigenvalue weighted by Crippen LogP contribution is -2.30. The maximum atomic E-state index is 12.1. The second-order valence-electron chi connectivity index (χ2n) is 4.56. The zero-order chi connectivity index (χ0) is 16.1. The first-order chi connectivity index (χ1) is 10.5. The fourth-order valence-corrected chi connectivity index (χ4v) is 2.34. The highest BCUT2D eigenvalue weighted by Crippen LogP contribution is 2.23. The molecule has 0 saturated heterocycles. The fourth-order valence-electron chi connectivity index (χ4n) is 1.77. The molecular formula is C16H13BrClNO3. The van der Waals surface area contributed by atoms with E-state index in [1.807, 2.05) is 0 Å². The van der Waals surface area contributed by atoms with Gasteiger partial charge in [0.15, 0.2) is 12.4 Å². The molecule has 0 spiro atoms. The van der Waals surface area contributed by atoms with E-state index in [0.717, 1.165) is 4.47 Å². The van der Waals surface area contributed by atoms with Crippen LogP contribution in [-0.4, -0.2) is 18.3 Å². The molecule has 1 N–H and O–H groups in total. The zero-order valence-corrected chi connectivity index (χ0v) is 14.0. The molecule has 0 radical (unpaired) electrons. The number of aldehydes is 1. The van der Waals surface area contributed by atoms with Gasteiger partial charge in [0.05, 0.1) is 5.56 Å². The molecule has 0 saturated carbocycles. The highest BCUT2D eigenvalue weighted by molar-refractivity contribution is 9.10. The van der Waals surface area contributed by atoms with Gasteiger partial charge in [0.1, 0.15) is 5.75 Å². The van der Waals surface area contributed by atoms with Crippen molar-refractivity contribution in [3.05, 3.63) is 57.5 Å². The van der Waals surface area contributed by atoms with E-state index >= 15 is 0 Å². The summed E-state index contributed by atoms with van der Waals surface area (Å²) in [5, 5.41) is 3.24. The van der Waals surface area contributed by atoms with E-state index in [2.05, 4.69) is 21.2 Å². The highest BCUT2D eigenvalue weighted by Gasteiger charge is 2.16. The first-order valence-electron chi connectivity index (χ1n) is 6.47. The molecule has 0 bridgehead atoms. The van der Waals surface area contributed by atoms with Crippen LogP contribution in [0.3, 0.4) is 0 Å². The minimum Gasteiger partial charge on any atom is -0.480 e. The van der Waals surface area contributed by atoms with Crippen molar-refractivity contribution in [2.24, 2.45) is 0 Å². The van der Waals surface area contributed by atoms with Crippen LogP contribution in [0.5, 0.6) is 5.75 Å².